The molecule has 3 unspecified atom stereocenters. The van der Waals surface area contributed by atoms with Crippen molar-refractivity contribution in [2.24, 2.45) is 11.8 Å². The Kier molecular flexibility index (Phi) is 2.70. The molecular formula is C15H19N4Si. The highest BCUT2D eigenvalue weighted by Crippen LogP contribution is 2.49. The molecule has 1 radical (unpaired) electrons. The fourth-order valence-electron chi connectivity index (χ4n) is 3.79. The molecule has 2 aromatic heterocycles. The lowest BCUT2D eigenvalue weighted by Crippen LogP contribution is -2.40. The number of hydrogen-bond donors (Lipinski definition) is 0. The molecule has 1 fully saturated rings. The summed E-state index contributed by atoms with van der Waals surface area (Å²) in [5.41, 5.74) is 0.746. The van der Waals surface area contributed by atoms with E-state index in [1.54, 1.807) is 0 Å². The van der Waals surface area contributed by atoms with Gasteiger partial charge in [-0.2, -0.15) is 0 Å². The van der Waals surface area contributed by atoms with Gasteiger partial charge in [-0.15, -0.1) is 0 Å². The molecule has 0 amide bonds. The number of hydrogen-bond acceptors (Lipinski definition) is 2. The van der Waals surface area contributed by atoms with Crippen molar-refractivity contribution in [3.05, 3.63) is 48.6 Å². The zero-order valence-corrected chi connectivity index (χ0v) is 12.9. The molecule has 3 atom stereocenters. The molecular weight excluding hydrogens is 264 g/mol. The van der Waals surface area contributed by atoms with Gasteiger partial charge in [0.1, 0.15) is 0 Å². The average molecular weight is 283 g/mol. The van der Waals surface area contributed by atoms with Gasteiger partial charge in [-0.05, 0) is 44.1 Å². The third-order valence-electron chi connectivity index (χ3n) is 4.76. The molecule has 103 valence electrons. The van der Waals surface area contributed by atoms with Crippen LogP contribution in [-0.2, 0) is 0 Å². The molecule has 2 aliphatic rings. The topological polar surface area (TPSA) is 35.6 Å². The van der Waals surface area contributed by atoms with Crippen molar-refractivity contribution < 1.29 is 0 Å². The van der Waals surface area contributed by atoms with Crippen LogP contribution in [0.15, 0.2) is 36.9 Å². The van der Waals surface area contributed by atoms with Gasteiger partial charge >= 0.3 is 9.12 Å². The van der Waals surface area contributed by atoms with Gasteiger partial charge in [0.15, 0.2) is 0 Å². The van der Waals surface area contributed by atoms with Crippen LogP contribution in [0.2, 0.25) is 5.54 Å². The summed E-state index contributed by atoms with van der Waals surface area (Å²) in [4.78, 5) is 8.89. The van der Waals surface area contributed by atoms with E-state index >= 15 is 0 Å². The van der Waals surface area contributed by atoms with Crippen LogP contribution in [0.4, 0.5) is 0 Å². The Morgan fingerprint density at radius 2 is 1.65 bits per heavy atom. The Hall–Kier alpha value is -1.62. The third-order valence-corrected chi connectivity index (χ3v) is 8.02. The van der Waals surface area contributed by atoms with Crippen molar-refractivity contribution in [1.29, 1.82) is 0 Å². The van der Waals surface area contributed by atoms with Crippen molar-refractivity contribution in [1.82, 2.24) is 18.4 Å². The molecule has 4 nitrogen and oxygen atoms in total. The smallest absolute Gasteiger partial charge is 0.312 e. The van der Waals surface area contributed by atoms with Crippen LogP contribution in [-0.4, -0.2) is 27.6 Å². The number of rotatable bonds is 3. The van der Waals surface area contributed by atoms with E-state index in [0.29, 0.717) is 0 Å². The second-order valence-electron chi connectivity index (χ2n) is 5.93. The second kappa shape index (κ2) is 4.45. The lowest BCUT2D eigenvalue weighted by Gasteiger charge is -2.29. The third kappa shape index (κ3) is 1.73. The fourth-order valence-corrected chi connectivity index (χ4v) is 7.10. The number of aryl methyl sites for hydroxylation is 2. The number of fused-ring (bicyclic) bond motifs is 2. The molecule has 2 bridgehead atoms. The van der Waals surface area contributed by atoms with Crippen molar-refractivity contribution in [3.63, 3.8) is 0 Å². The first-order valence-electron chi connectivity index (χ1n) is 7.30. The Morgan fingerprint density at radius 3 is 2.05 bits per heavy atom. The van der Waals surface area contributed by atoms with E-state index in [4.69, 9.17) is 0 Å². The Morgan fingerprint density at radius 1 is 1.00 bits per heavy atom. The highest BCUT2D eigenvalue weighted by atomic mass is 28.3. The van der Waals surface area contributed by atoms with Gasteiger partial charge in [0.25, 0.3) is 0 Å². The Balaban J connectivity index is 1.80. The highest BCUT2D eigenvalue weighted by molar-refractivity contribution is 6.57. The number of imidazole rings is 2. The molecule has 1 saturated carbocycles. The predicted molar refractivity (Wildman–Crippen MR) is 79.6 cm³/mol. The monoisotopic (exact) mass is 283 g/mol. The maximum Gasteiger partial charge on any atom is 0.312 e. The van der Waals surface area contributed by atoms with Crippen LogP contribution in [0, 0.1) is 25.7 Å². The van der Waals surface area contributed by atoms with Crippen molar-refractivity contribution >= 4 is 9.12 Å². The quantitative estimate of drug-likeness (QED) is 0.641. The minimum atomic E-state index is -0.925. The van der Waals surface area contributed by atoms with E-state index in [-0.39, 0.29) is 0 Å². The van der Waals surface area contributed by atoms with Crippen LogP contribution >= 0.6 is 0 Å². The summed E-state index contributed by atoms with van der Waals surface area (Å²) >= 11 is 0. The normalized spacial score (nSPS) is 27.9. The lowest BCUT2D eigenvalue weighted by molar-refractivity contribution is 0.656. The molecule has 5 heteroatoms. The van der Waals surface area contributed by atoms with Gasteiger partial charge in [0.05, 0.1) is 11.6 Å². The van der Waals surface area contributed by atoms with Gasteiger partial charge < -0.3 is 8.47 Å². The van der Waals surface area contributed by atoms with E-state index in [2.05, 4.69) is 56.8 Å². The largest absolute Gasteiger partial charge is 0.343 e. The van der Waals surface area contributed by atoms with Crippen LogP contribution in [0.3, 0.4) is 0 Å². The summed E-state index contributed by atoms with van der Waals surface area (Å²) in [6, 6.07) is 0. The average Bonchev–Trinajstić information content (AvgIpc) is 3.18. The van der Waals surface area contributed by atoms with Crippen LogP contribution in [0.1, 0.15) is 24.5 Å². The summed E-state index contributed by atoms with van der Waals surface area (Å²) in [6.45, 7) is 4.22. The van der Waals surface area contributed by atoms with Crippen LogP contribution in [0.25, 0.3) is 0 Å². The van der Waals surface area contributed by atoms with E-state index in [1.807, 2.05) is 12.4 Å². The maximum absolute atomic E-state index is 4.45. The summed E-state index contributed by atoms with van der Waals surface area (Å²) in [5, 5.41) is 0. The summed E-state index contributed by atoms with van der Waals surface area (Å²) in [5.74, 6) is 3.80. The predicted octanol–water partition coefficient (Wildman–Crippen LogP) is 2.55. The standard InChI is InChI=1S/C15H19N4Si/c1-11-16-5-7-18(11)20(19-8-6-17-12(19)2)15-10-13-3-4-14(15)9-13/h3-8,13-15H,9-10H2,1-2H3. The highest BCUT2D eigenvalue weighted by Gasteiger charge is 2.44. The first-order chi connectivity index (χ1) is 9.74. The lowest BCUT2D eigenvalue weighted by atomic mass is 10.1. The molecule has 0 spiro atoms. The van der Waals surface area contributed by atoms with E-state index < -0.39 is 9.12 Å². The first-order valence-corrected chi connectivity index (χ1v) is 8.77. The van der Waals surface area contributed by atoms with Gasteiger partial charge in [0.2, 0.25) is 0 Å². The van der Waals surface area contributed by atoms with E-state index in [0.717, 1.165) is 29.0 Å². The zero-order chi connectivity index (χ0) is 13.7. The molecule has 2 heterocycles. The molecule has 0 saturated heterocycles. The molecule has 2 aliphatic carbocycles. The summed E-state index contributed by atoms with van der Waals surface area (Å²) in [6.07, 6.45) is 15.7. The van der Waals surface area contributed by atoms with Gasteiger partial charge in [0, 0.05) is 24.8 Å². The van der Waals surface area contributed by atoms with Gasteiger partial charge in [-0.25, -0.2) is 9.97 Å². The van der Waals surface area contributed by atoms with Crippen LogP contribution < -0.4 is 0 Å². The van der Waals surface area contributed by atoms with Crippen LogP contribution in [0.5, 0.6) is 0 Å². The molecule has 2 aromatic rings. The zero-order valence-electron chi connectivity index (χ0n) is 11.9. The molecule has 20 heavy (non-hydrogen) atoms. The second-order valence-corrected chi connectivity index (χ2v) is 8.36. The minimum absolute atomic E-state index is 0.746. The fraction of sp³-hybridized carbons (Fsp3) is 0.467. The number of nitrogens with zero attached hydrogens (tertiary/aromatic N) is 4. The van der Waals surface area contributed by atoms with Gasteiger partial charge in [-0.1, -0.05) is 12.2 Å². The van der Waals surface area contributed by atoms with E-state index in [9.17, 15) is 0 Å². The summed E-state index contributed by atoms with van der Waals surface area (Å²) in [7, 11) is -0.925. The van der Waals surface area contributed by atoms with E-state index in [1.165, 1.54) is 12.8 Å². The Labute approximate surface area is 120 Å². The number of aromatic nitrogens is 4. The van der Waals surface area contributed by atoms with Crippen molar-refractivity contribution in [3.8, 4) is 0 Å². The molecule has 0 aromatic carbocycles. The molecule has 0 N–H and O–H groups in total. The van der Waals surface area contributed by atoms with Crippen molar-refractivity contribution in [2.45, 2.75) is 32.2 Å². The first kappa shape index (κ1) is 12.1. The summed E-state index contributed by atoms with van der Waals surface area (Å²) < 4.78 is 4.83. The SMILES string of the molecule is Cc1nccn1[Si](C1CC2C=CC1C2)n1ccnc1C. The Bertz CT molecular complexity index is 616. The molecule has 0 aliphatic heterocycles. The number of allylic oxidation sites excluding steroid dienone is 2. The van der Waals surface area contributed by atoms with Gasteiger partial charge in [-0.3, -0.25) is 0 Å². The molecule has 4 rings (SSSR count). The minimum Gasteiger partial charge on any atom is -0.343 e. The van der Waals surface area contributed by atoms with Crippen molar-refractivity contribution in [2.75, 3.05) is 0 Å². The maximum atomic E-state index is 4.45.